The summed E-state index contributed by atoms with van der Waals surface area (Å²) in [6.07, 6.45) is 0.985. The number of benzene rings is 1. The number of ether oxygens (including phenoxy) is 2. The van der Waals surface area contributed by atoms with Crippen molar-refractivity contribution in [2.75, 3.05) is 14.2 Å². The Hall–Kier alpha value is -2.37. The summed E-state index contributed by atoms with van der Waals surface area (Å²) < 4.78 is 10.7. The van der Waals surface area contributed by atoms with E-state index in [1.807, 2.05) is 30.3 Å². The van der Waals surface area contributed by atoms with Crippen molar-refractivity contribution in [2.24, 2.45) is 0 Å². The Balaban J connectivity index is 2.51. The highest BCUT2D eigenvalue weighted by molar-refractivity contribution is 6.14. The smallest absolute Gasteiger partial charge is 0.201 e. The maximum Gasteiger partial charge on any atom is 0.201 e. The molecule has 5 heteroatoms. The highest BCUT2D eigenvalue weighted by Gasteiger charge is 2.21. The number of aromatic nitrogens is 2. The number of hydrogen-bond donors (Lipinski definition) is 0. The van der Waals surface area contributed by atoms with E-state index in [9.17, 15) is 4.79 Å². The van der Waals surface area contributed by atoms with Crippen molar-refractivity contribution < 1.29 is 14.3 Å². The predicted octanol–water partition coefficient (Wildman–Crippen LogP) is 3.28. The van der Waals surface area contributed by atoms with Crippen molar-refractivity contribution in [1.82, 2.24) is 9.97 Å². The van der Waals surface area contributed by atoms with Gasteiger partial charge in [-0.05, 0) is 17.5 Å². The predicted molar refractivity (Wildman–Crippen MR) is 83.8 cm³/mol. The average molecular weight is 296 g/mol. The van der Waals surface area contributed by atoms with E-state index in [1.165, 1.54) is 6.92 Å². The molecule has 112 valence electrons. The molecule has 2 aromatic heterocycles. The van der Waals surface area contributed by atoms with Crippen molar-refractivity contribution in [1.29, 1.82) is 0 Å². The van der Waals surface area contributed by atoms with Crippen LogP contribution in [-0.4, -0.2) is 30.0 Å². The molecule has 0 aliphatic rings. The molecular weight excluding hydrogens is 280 g/mol. The third-order valence-electron chi connectivity index (χ3n) is 3.63. The first-order valence-electron chi connectivity index (χ1n) is 6.91. The van der Waals surface area contributed by atoms with E-state index in [2.05, 4.69) is 9.97 Å². The van der Waals surface area contributed by atoms with Crippen molar-refractivity contribution in [2.45, 2.75) is 13.2 Å². The maximum absolute atomic E-state index is 12.0. The number of ketones is 1. The molecule has 3 rings (SSSR count). The molecule has 0 saturated heterocycles. The second-order valence-corrected chi connectivity index (χ2v) is 4.96. The third kappa shape index (κ3) is 2.24. The molecule has 0 atom stereocenters. The van der Waals surface area contributed by atoms with Gasteiger partial charge in [0.15, 0.2) is 5.78 Å². The van der Waals surface area contributed by atoms with Gasteiger partial charge in [-0.15, -0.1) is 0 Å². The largest absolute Gasteiger partial charge is 0.350 e. The normalized spacial score (nSPS) is 11.5. The topological polar surface area (TPSA) is 61.3 Å². The van der Waals surface area contributed by atoms with Gasteiger partial charge in [0.2, 0.25) is 6.29 Å². The number of nitrogens with zero attached hydrogens (tertiary/aromatic N) is 2. The zero-order valence-corrected chi connectivity index (χ0v) is 12.7. The Bertz CT molecular complexity index is 857. The standard InChI is InChI=1S/C17H16N2O3/c1-10(20)15-14-12(8-9-18-15)11-6-4-5-7-13(11)19-16(14)17(21-2)22-3/h4-9,17H,1-3H3. The summed E-state index contributed by atoms with van der Waals surface area (Å²) in [6.45, 7) is 1.50. The van der Waals surface area contributed by atoms with E-state index in [-0.39, 0.29) is 5.78 Å². The number of Topliss-reactive ketones (excluding diaryl/α,β-unsaturated/α-hetero) is 1. The lowest BCUT2D eigenvalue weighted by molar-refractivity contribution is -0.107. The molecule has 3 aromatic rings. The van der Waals surface area contributed by atoms with Crippen LogP contribution < -0.4 is 0 Å². The Morgan fingerprint density at radius 1 is 1.09 bits per heavy atom. The monoisotopic (exact) mass is 296 g/mol. The van der Waals surface area contributed by atoms with Crippen LogP contribution in [0.3, 0.4) is 0 Å². The lowest BCUT2D eigenvalue weighted by atomic mass is 10.0. The molecular formula is C17H16N2O3. The quantitative estimate of drug-likeness (QED) is 0.420. The molecule has 0 saturated carbocycles. The van der Waals surface area contributed by atoms with Crippen molar-refractivity contribution in [3.8, 4) is 0 Å². The molecule has 0 aliphatic heterocycles. The first kappa shape index (κ1) is 14.6. The van der Waals surface area contributed by atoms with Crippen molar-refractivity contribution in [3.63, 3.8) is 0 Å². The number of rotatable bonds is 4. The van der Waals surface area contributed by atoms with Crippen LogP contribution in [0, 0.1) is 0 Å². The number of hydrogen-bond acceptors (Lipinski definition) is 5. The zero-order valence-electron chi connectivity index (χ0n) is 12.7. The van der Waals surface area contributed by atoms with Gasteiger partial charge in [-0.3, -0.25) is 9.78 Å². The van der Waals surface area contributed by atoms with E-state index in [1.54, 1.807) is 20.4 Å². The van der Waals surface area contributed by atoms with Gasteiger partial charge in [0.05, 0.1) is 5.52 Å². The fourth-order valence-corrected chi connectivity index (χ4v) is 2.69. The summed E-state index contributed by atoms with van der Waals surface area (Å²) in [4.78, 5) is 20.8. The second kappa shape index (κ2) is 5.79. The SMILES string of the molecule is COC(OC)c1nc2ccccc2c2ccnc(C(C)=O)c12. The molecule has 2 heterocycles. The number of methoxy groups -OCH3 is 2. The molecule has 0 fully saturated rings. The fourth-order valence-electron chi connectivity index (χ4n) is 2.69. The lowest BCUT2D eigenvalue weighted by Gasteiger charge is -2.17. The van der Waals surface area contributed by atoms with Crippen LogP contribution in [0.4, 0.5) is 0 Å². The minimum absolute atomic E-state index is 0.116. The van der Waals surface area contributed by atoms with Crippen molar-refractivity contribution >= 4 is 27.5 Å². The maximum atomic E-state index is 12.0. The number of pyridine rings is 2. The Morgan fingerprint density at radius 2 is 1.82 bits per heavy atom. The summed E-state index contributed by atoms with van der Waals surface area (Å²) in [5.74, 6) is -0.116. The summed E-state index contributed by atoms with van der Waals surface area (Å²) >= 11 is 0. The first-order chi connectivity index (χ1) is 10.7. The van der Waals surface area contributed by atoms with Crippen LogP contribution in [0.25, 0.3) is 21.7 Å². The highest BCUT2D eigenvalue weighted by Crippen LogP contribution is 2.32. The molecule has 0 unspecified atom stereocenters. The first-order valence-corrected chi connectivity index (χ1v) is 6.91. The van der Waals surface area contributed by atoms with Gasteiger partial charge >= 0.3 is 0 Å². The molecule has 0 spiro atoms. The van der Waals surface area contributed by atoms with Gasteiger partial charge in [0, 0.05) is 38.1 Å². The van der Waals surface area contributed by atoms with Gasteiger partial charge in [0.25, 0.3) is 0 Å². The van der Waals surface area contributed by atoms with Gasteiger partial charge in [-0.1, -0.05) is 18.2 Å². The van der Waals surface area contributed by atoms with E-state index in [4.69, 9.17) is 9.47 Å². The molecule has 0 bridgehead atoms. The minimum atomic E-state index is -0.658. The number of carbonyl (C=O) groups excluding carboxylic acids is 1. The number of fused-ring (bicyclic) bond motifs is 3. The number of carbonyl (C=O) groups is 1. The third-order valence-corrected chi connectivity index (χ3v) is 3.63. The van der Waals surface area contributed by atoms with E-state index >= 15 is 0 Å². The molecule has 0 amide bonds. The van der Waals surface area contributed by atoms with E-state index < -0.39 is 6.29 Å². The van der Waals surface area contributed by atoms with E-state index in [0.717, 1.165) is 16.3 Å². The highest BCUT2D eigenvalue weighted by atomic mass is 16.7. The summed E-state index contributed by atoms with van der Waals surface area (Å²) in [5, 5.41) is 2.57. The van der Waals surface area contributed by atoms with Crippen LogP contribution in [0.15, 0.2) is 36.5 Å². The molecule has 1 aromatic carbocycles. The van der Waals surface area contributed by atoms with Crippen LogP contribution in [0.2, 0.25) is 0 Å². The fraction of sp³-hybridized carbons (Fsp3) is 0.235. The summed E-state index contributed by atoms with van der Waals surface area (Å²) in [6, 6.07) is 9.66. The van der Waals surface area contributed by atoms with Crippen molar-refractivity contribution in [3.05, 3.63) is 47.9 Å². The Labute approximate surface area is 127 Å². The van der Waals surface area contributed by atoms with Crippen LogP contribution >= 0.6 is 0 Å². The van der Waals surface area contributed by atoms with Gasteiger partial charge in [-0.25, -0.2) is 4.98 Å². The van der Waals surface area contributed by atoms with Crippen LogP contribution in [0.5, 0.6) is 0 Å². The number of para-hydroxylation sites is 1. The molecule has 0 N–H and O–H groups in total. The molecule has 22 heavy (non-hydrogen) atoms. The van der Waals surface area contributed by atoms with Gasteiger partial charge in [-0.2, -0.15) is 0 Å². The average Bonchev–Trinajstić information content (AvgIpc) is 2.55. The molecule has 0 radical (unpaired) electrons. The second-order valence-electron chi connectivity index (χ2n) is 4.96. The zero-order chi connectivity index (χ0) is 15.7. The van der Waals surface area contributed by atoms with Gasteiger partial charge < -0.3 is 9.47 Å². The minimum Gasteiger partial charge on any atom is -0.350 e. The Morgan fingerprint density at radius 3 is 2.50 bits per heavy atom. The Kier molecular flexibility index (Phi) is 3.83. The van der Waals surface area contributed by atoms with Crippen LogP contribution in [-0.2, 0) is 9.47 Å². The molecule has 0 aliphatic carbocycles. The lowest BCUT2D eigenvalue weighted by Crippen LogP contribution is -2.10. The summed E-state index contributed by atoms with van der Waals surface area (Å²) in [5.41, 5.74) is 1.77. The van der Waals surface area contributed by atoms with Gasteiger partial charge in [0.1, 0.15) is 11.4 Å². The van der Waals surface area contributed by atoms with Crippen LogP contribution in [0.1, 0.15) is 29.4 Å². The summed E-state index contributed by atoms with van der Waals surface area (Å²) in [7, 11) is 3.08. The molecule has 5 nitrogen and oxygen atoms in total. The van der Waals surface area contributed by atoms with E-state index in [0.29, 0.717) is 16.8 Å².